The molecule has 31 heavy (non-hydrogen) atoms. The van der Waals surface area contributed by atoms with E-state index >= 15 is 0 Å². The van der Waals surface area contributed by atoms with Crippen LogP contribution in [-0.2, 0) is 4.79 Å². The molecule has 0 bridgehead atoms. The molecule has 0 unspecified atom stereocenters. The largest absolute Gasteiger partial charge is 0.422 e. The highest BCUT2D eigenvalue weighted by molar-refractivity contribution is 7.12. The van der Waals surface area contributed by atoms with Gasteiger partial charge < -0.3 is 10.1 Å². The summed E-state index contributed by atoms with van der Waals surface area (Å²) in [6.45, 7) is 0.0871. The second-order valence-corrected chi connectivity index (χ2v) is 7.56. The van der Waals surface area contributed by atoms with Crippen LogP contribution < -0.4 is 15.5 Å². The van der Waals surface area contributed by atoms with Crippen molar-refractivity contribution in [2.45, 2.75) is 0 Å². The summed E-state index contributed by atoms with van der Waals surface area (Å²) < 4.78 is 5.36. The van der Waals surface area contributed by atoms with Gasteiger partial charge in [-0.1, -0.05) is 54.6 Å². The third kappa shape index (κ3) is 5.34. The van der Waals surface area contributed by atoms with Gasteiger partial charge in [0, 0.05) is 11.1 Å². The van der Waals surface area contributed by atoms with Crippen LogP contribution in [0, 0.1) is 0 Å². The second-order valence-electron chi connectivity index (χ2n) is 6.61. The van der Waals surface area contributed by atoms with E-state index in [0.29, 0.717) is 16.2 Å². The number of carbonyl (C=O) groups excluding carboxylic acids is 2. The van der Waals surface area contributed by atoms with E-state index in [-0.39, 0.29) is 12.5 Å². The molecule has 0 spiro atoms. The lowest BCUT2D eigenvalue weighted by Gasteiger charge is -2.08. The molecule has 0 aliphatic rings. The van der Waals surface area contributed by atoms with Gasteiger partial charge in [-0.3, -0.25) is 4.79 Å². The number of amides is 1. The zero-order chi connectivity index (χ0) is 21.5. The first-order valence-electron chi connectivity index (χ1n) is 9.58. The van der Waals surface area contributed by atoms with Crippen LogP contribution in [0.3, 0.4) is 0 Å². The Morgan fingerprint density at radius 1 is 0.968 bits per heavy atom. The number of fused-ring (bicyclic) bond motifs is 1. The molecule has 0 aliphatic carbocycles. The van der Waals surface area contributed by atoms with E-state index in [9.17, 15) is 9.59 Å². The van der Waals surface area contributed by atoms with E-state index in [1.54, 1.807) is 36.4 Å². The molecular formula is C24H19N3O3S. The number of carbonyl (C=O) groups is 2. The van der Waals surface area contributed by atoms with Gasteiger partial charge in [-0.15, -0.1) is 11.3 Å². The van der Waals surface area contributed by atoms with Crippen LogP contribution in [0.4, 0.5) is 5.69 Å². The van der Waals surface area contributed by atoms with Crippen molar-refractivity contribution in [3.05, 3.63) is 94.7 Å². The lowest BCUT2D eigenvalue weighted by atomic mass is 10.1. The van der Waals surface area contributed by atoms with Crippen molar-refractivity contribution in [2.24, 2.45) is 5.10 Å². The van der Waals surface area contributed by atoms with Crippen LogP contribution in [0.1, 0.15) is 15.2 Å². The summed E-state index contributed by atoms with van der Waals surface area (Å²) in [6, 6.07) is 24.3. The Hall–Kier alpha value is -3.97. The molecule has 154 valence electrons. The molecule has 0 atom stereocenters. The normalized spacial score (nSPS) is 10.8. The van der Waals surface area contributed by atoms with Crippen molar-refractivity contribution in [3.63, 3.8) is 0 Å². The summed E-state index contributed by atoms with van der Waals surface area (Å²) >= 11 is 1.32. The summed E-state index contributed by atoms with van der Waals surface area (Å²) in [7, 11) is 0. The van der Waals surface area contributed by atoms with Crippen molar-refractivity contribution in [1.82, 2.24) is 5.43 Å². The predicted molar refractivity (Wildman–Crippen MR) is 124 cm³/mol. The topological polar surface area (TPSA) is 79.8 Å². The highest BCUT2D eigenvalue weighted by Gasteiger charge is 2.09. The molecule has 0 fully saturated rings. The van der Waals surface area contributed by atoms with Crippen molar-refractivity contribution >= 4 is 45.9 Å². The van der Waals surface area contributed by atoms with Crippen LogP contribution >= 0.6 is 11.3 Å². The van der Waals surface area contributed by atoms with Crippen LogP contribution in [0.15, 0.2) is 89.3 Å². The van der Waals surface area contributed by atoms with Crippen LogP contribution in [0.25, 0.3) is 10.8 Å². The van der Waals surface area contributed by atoms with Crippen LogP contribution in [-0.4, -0.2) is 24.6 Å². The average Bonchev–Trinajstić information content (AvgIpc) is 3.33. The maximum absolute atomic E-state index is 12.1. The standard InChI is InChI=1S/C24H19N3O3S/c28-23(16-25-21-11-4-8-18-7-1-2-10-20(18)21)27-26-15-17-6-3-9-19(14-17)30-24(29)22-12-5-13-31-22/h1-15,25H,16H2,(H,27,28)/b26-15-. The number of nitrogens with zero attached hydrogens (tertiary/aromatic N) is 1. The van der Waals surface area contributed by atoms with E-state index in [1.165, 1.54) is 17.6 Å². The molecule has 6 nitrogen and oxygen atoms in total. The molecule has 0 saturated heterocycles. The molecule has 0 radical (unpaired) electrons. The number of rotatable bonds is 7. The number of hydrogen-bond donors (Lipinski definition) is 2. The molecule has 3 aromatic carbocycles. The van der Waals surface area contributed by atoms with Gasteiger partial charge in [0.05, 0.1) is 12.8 Å². The lowest BCUT2D eigenvalue weighted by Crippen LogP contribution is -2.25. The second kappa shape index (κ2) is 9.69. The summed E-state index contributed by atoms with van der Waals surface area (Å²) in [5, 5.41) is 11.1. The fourth-order valence-corrected chi connectivity index (χ4v) is 3.58. The third-order valence-corrected chi connectivity index (χ3v) is 5.27. The Morgan fingerprint density at radius 3 is 2.68 bits per heavy atom. The molecular weight excluding hydrogens is 410 g/mol. The first kappa shape index (κ1) is 20.3. The fourth-order valence-electron chi connectivity index (χ4n) is 2.98. The molecule has 4 aromatic rings. The quantitative estimate of drug-likeness (QED) is 0.193. The zero-order valence-electron chi connectivity index (χ0n) is 16.4. The smallest absolute Gasteiger partial charge is 0.353 e. The zero-order valence-corrected chi connectivity index (χ0v) is 17.3. The first-order chi connectivity index (χ1) is 15.2. The Labute approximate surface area is 183 Å². The van der Waals surface area contributed by atoms with Gasteiger partial charge in [-0.05, 0) is 40.6 Å². The monoisotopic (exact) mass is 429 g/mol. The van der Waals surface area contributed by atoms with E-state index in [2.05, 4.69) is 15.8 Å². The Kier molecular flexibility index (Phi) is 6.35. The molecule has 7 heteroatoms. The molecule has 0 aliphatic heterocycles. The first-order valence-corrected chi connectivity index (χ1v) is 10.5. The number of anilines is 1. The van der Waals surface area contributed by atoms with Crippen molar-refractivity contribution < 1.29 is 14.3 Å². The average molecular weight is 430 g/mol. The number of ether oxygens (including phenoxy) is 1. The Bertz CT molecular complexity index is 1230. The van der Waals surface area contributed by atoms with Gasteiger partial charge in [-0.2, -0.15) is 5.10 Å². The maximum Gasteiger partial charge on any atom is 0.353 e. The molecule has 1 aromatic heterocycles. The van der Waals surface area contributed by atoms with E-state index in [0.717, 1.165) is 16.5 Å². The summed E-state index contributed by atoms with van der Waals surface area (Å²) in [4.78, 5) is 24.7. The fraction of sp³-hybridized carbons (Fsp3) is 0.0417. The SMILES string of the molecule is O=C(CNc1cccc2ccccc12)N/N=C\c1cccc(OC(=O)c2cccs2)c1. The van der Waals surface area contributed by atoms with E-state index in [1.807, 2.05) is 47.8 Å². The predicted octanol–water partition coefficient (Wildman–Crippen LogP) is 4.68. The molecule has 1 heterocycles. The Balaban J connectivity index is 1.31. The maximum atomic E-state index is 12.1. The lowest BCUT2D eigenvalue weighted by molar-refractivity contribution is -0.119. The summed E-state index contributed by atoms with van der Waals surface area (Å²) in [5.74, 6) is -0.271. The van der Waals surface area contributed by atoms with Gasteiger partial charge in [0.1, 0.15) is 10.6 Å². The molecule has 4 rings (SSSR count). The Morgan fingerprint density at radius 2 is 1.81 bits per heavy atom. The van der Waals surface area contributed by atoms with E-state index < -0.39 is 5.97 Å². The highest BCUT2D eigenvalue weighted by atomic mass is 32.1. The summed E-state index contributed by atoms with van der Waals surface area (Å²) in [6.07, 6.45) is 1.50. The number of thiophene rings is 1. The van der Waals surface area contributed by atoms with Gasteiger partial charge in [0.25, 0.3) is 5.91 Å². The van der Waals surface area contributed by atoms with Crippen molar-refractivity contribution in [2.75, 3.05) is 11.9 Å². The summed E-state index contributed by atoms with van der Waals surface area (Å²) in [5.41, 5.74) is 4.07. The number of benzene rings is 3. The van der Waals surface area contributed by atoms with Gasteiger partial charge in [-0.25, -0.2) is 10.2 Å². The van der Waals surface area contributed by atoms with Crippen LogP contribution in [0.2, 0.25) is 0 Å². The minimum absolute atomic E-state index is 0.0871. The number of nitrogens with one attached hydrogen (secondary N) is 2. The van der Waals surface area contributed by atoms with Gasteiger partial charge >= 0.3 is 5.97 Å². The highest BCUT2D eigenvalue weighted by Crippen LogP contribution is 2.22. The molecule has 2 N–H and O–H groups in total. The number of hydrazone groups is 1. The van der Waals surface area contributed by atoms with Crippen molar-refractivity contribution in [1.29, 1.82) is 0 Å². The van der Waals surface area contributed by atoms with Gasteiger partial charge in [0.2, 0.25) is 0 Å². The molecule has 0 saturated carbocycles. The third-order valence-electron chi connectivity index (χ3n) is 4.42. The van der Waals surface area contributed by atoms with Gasteiger partial charge in [0.15, 0.2) is 0 Å². The van der Waals surface area contributed by atoms with Crippen molar-refractivity contribution in [3.8, 4) is 5.75 Å². The minimum atomic E-state index is -0.406. The van der Waals surface area contributed by atoms with E-state index in [4.69, 9.17) is 4.74 Å². The number of hydrogen-bond acceptors (Lipinski definition) is 6. The number of esters is 1. The van der Waals surface area contributed by atoms with Crippen LogP contribution in [0.5, 0.6) is 5.75 Å². The molecule has 1 amide bonds. The minimum Gasteiger partial charge on any atom is -0.422 e.